The molecule has 5 nitrogen and oxygen atoms in total. The summed E-state index contributed by atoms with van der Waals surface area (Å²) in [6, 6.07) is 6.14. The summed E-state index contributed by atoms with van der Waals surface area (Å²) < 4.78 is 4.88. The van der Waals surface area contributed by atoms with Crippen LogP contribution in [0.2, 0.25) is 5.02 Å². The van der Waals surface area contributed by atoms with Crippen molar-refractivity contribution in [2.45, 2.75) is 19.4 Å². The third-order valence-corrected chi connectivity index (χ3v) is 2.23. The van der Waals surface area contributed by atoms with Gasteiger partial charge in [-0.15, -0.1) is 0 Å². The number of rotatable bonds is 3. The Morgan fingerprint density at radius 1 is 1.29 bits per heavy atom. The number of hydrogen-bond donors (Lipinski definition) is 2. The lowest BCUT2D eigenvalue weighted by atomic mass is 10.1. The van der Waals surface area contributed by atoms with Gasteiger partial charge in [-0.25, -0.2) is 9.59 Å². The molecule has 0 radical (unpaired) electrons. The second-order valence-corrected chi connectivity index (χ2v) is 4.34. The Bertz CT molecular complexity index is 428. The van der Waals surface area contributed by atoms with Crippen molar-refractivity contribution in [3.63, 3.8) is 0 Å². The van der Waals surface area contributed by atoms with Gasteiger partial charge in [-0.05, 0) is 38.1 Å². The molecule has 0 fully saturated rings. The molecule has 0 spiro atoms. The first kappa shape index (κ1) is 13.3. The van der Waals surface area contributed by atoms with E-state index >= 15 is 0 Å². The monoisotopic (exact) mass is 257 g/mol. The number of carboxylic acids is 1. The van der Waals surface area contributed by atoms with Crippen LogP contribution in [0.1, 0.15) is 13.8 Å². The number of carboxylic acid groups (broad SMARTS) is 1. The molecule has 92 valence electrons. The van der Waals surface area contributed by atoms with E-state index in [9.17, 15) is 9.59 Å². The molecular formula is C11H12ClNO4. The SMILES string of the molecule is CC(C)(NC(=O)Oc1ccc(Cl)cc1)C(=O)O. The van der Waals surface area contributed by atoms with Crippen LogP contribution in [-0.4, -0.2) is 22.7 Å². The van der Waals surface area contributed by atoms with Crippen molar-refractivity contribution in [3.8, 4) is 5.75 Å². The van der Waals surface area contributed by atoms with Gasteiger partial charge in [0, 0.05) is 5.02 Å². The van der Waals surface area contributed by atoms with E-state index in [4.69, 9.17) is 21.4 Å². The molecule has 1 rings (SSSR count). The average molecular weight is 258 g/mol. The number of carbonyl (C=O) groups is 2. The number of amides is 1. The highest BCUT2D eigenvalue weighted by Gasteiger charge is 2.29. The molecule has 2 N–H and O–H groups in total. The molecule has 0 aromatic heterocycles. The molecule has 0 aliphatic carbocycles. The van der Waals surface area contributed by atoms with Crippen molar-refractivity contribution >= 4 is 23.7 Å². The van der Waals surface area contributed by atoms with E-state index in [-0.39, 0.29) is 5.75 Å². The molecule has 0 aliphatic rings. The van der Waals surface area contributed by atoms with Gasteiger partial charge in [0.2, 0.25) is 0 Å². The standard InChI is InChI=1S/C11H12ClNO4/c1-11(2,9(14)15)13-10(16)17-8-5-3-7(12)4-6-8/h3-6H,1-2H3,(H,13,16)(H,14,15). The highest BCUT2D eigenvalue weighted by Crippen LogP contribution is 2.15. The fourth-order valence-corrected chi connectivity index (χ4v) is 1.07. The summed E-state index contributed by atoms with van der Waals surface area (Å²) >= 11 is 5.66. The summed E-state index contributed by atoms with van der Waals surface area (Å²) in [5, 5.41) is 11.5. The van der Waals surface area contributed by atoms with Crippen molar-refractivity contribution in [1.29, 1.82) is 0 Å². The normalized spacial score (nSPS) is 10.8. The largest absolute Gasteiger partial charge is 0.480 e. The Labute approximate surface area is 103 Å². The van der Waals surface area contributed by atoms with Gasteiger partial charge in [-0.2, -0.15) is 0 Å². The van der Waals surface area contributed by atoms with Crippen molar-refractivity contribution in [2.24, 2.45) is 0 Å². The van der Waals surface area contributed by atoms with Gasteiger partial charge < -0.3 is 15.2 Å². The first-order valence-electron chi connectivity index (χ1n) is 4.80. The van der Waals surface area contributed by atoms with Gasteiger partial charge in [-0.3, -0.25) is 0 Å². The summed E-state index contributed by atoms with van der Waals surface area (Å²) in [5.74, 6) is -0.862. The first-order chi connectivity index (χ1) is 7.81. The lowest BCUT2D eigenvalue weighted by Gasteiger charge is -2.20. The second-order valence-electron chi connectivity index (χ2n) is 3.90. The average Bonchev–Trinajstić information content (AvgIpc) is 2.20. The topological polar surface area (TPSA) is 75.6 Å². The lowest BCUT2D eigenvalue weighted by Crippen LogP contribution is -2.50. The molecular weight excluding hydrogens is 246 g/mol. The third kappa shape index (κ3) is 3.96. The van der Waals surface area contributed by atoms with Crippen LogP contribution in [0.4, 0.5) is 4.79 Å². The Morgan fingerprint density at radius 3 is 2.29 bits per heavy atom. The van der Waals surface area contributed by atoms with E-state index < -0.39 is 17.6 Å². The zero-order chi connectivity index (χ0) is 13.1. The fraction of sp³-hybridized carbons (Fsp3) is 0.273. The highest BCUT2D eigenvalue weighted by molar-refractivity contribution is 6.30. The van der Waals surface area contributed by atoms with Crippen molar-refractivity contribution in [2.75, 3.05) is 0 Å². The van der Waals surface area contributed by atoms with Crippen LogP contribution in [0.3, 0.4) is 0 Å². The predicted octanol–water partition coefficient (Wildman–Crippen LogP) is 2.29. The Kier molecular flexibility index (Phi) is 3.96. The van der Waals surface area contributed by atoms with Crippen LogP contribution in [0.25, 0.3) is 0 Å². The summed E-state index contributed by atoms with van der Waals surface area (Å²) in [6.45, 7) is 2.72. The lowest BCUT2D eigenvalue weighted by molar-refractivity contribution is -0.143. The van der Waals surface area contributed by atoms with E-state index in [0.29, 0.717) is 5.02 Å². The number of halogens is 1. The Hall–Kier alpha value is -1.75. The van der Waals surface area contributed by atoms with Crippen LogP contribution < -0.4 is 10.1 Å². The maximum atomic E-state index is 11.4. The molecule has 6 heteroatoms. The van der Waals surface area contributed by atoms with Gasteiger partial charge in [0.1, 0.15) is 11.3 Å². The molecule has 1 aromatic carbocycles. The summed E-state index contributed by atoms with van der Waals surface area (Å²) in [4.78, 5) is 22.2. The van der Waals surface area contributed by atoms with Crippen LogP contribution in [0, 0.1) is 0 Å². The molecule has 1 aromatic rings. The van der Waals surface area contributed by atoms with Crippen LogP contribution in [0.15, 0.2) is 24.3 Å². The zero-order valence-electron chi connectivity index (χ0n) is 9.36. The molecule has 1 amide bonds. The molecule has 0 atom stereocenters. The number of carbonyl (C=O) groups excluding carboxylic acids is 1. The van der Waals surface area contributed by atoms with Gasteiger partial charge in [0.15, 0.2) is 0 Å². The number of aliphatic carboxylic acids is 1. The van der Waals surface area contributed by atoms with E-state index in [2.05, 4.69) is 5.32 Å². The quantitative estimate of drug-likeness (QED) is 0.871. The number of hydrogen-bond acceptors (Lipinski definition) is 3. The molecule has 17 heavy (non-hydrogen) atoms. The van der Waals surface area contributed by atoms with E-state index in [0.717, 1.165) is 0 Å². The number of nitrogens with one attached hydrogen (secondary N) is 1. The molecule has 0 saturated carbocycles. The highest BCUT2D eigenvalue weighted by atomic mass is 35.5. The van der Waals surface area contributed by atoms with Crippen molar-refractivity contribution in [1.82, 2.24) is 5.32 Å². The minimum atomic E-state index is -1.39. The summed E-state index contributed by atoms with van der Waals surface area (Å²) in [6.07, 6.45) is -0.834. The third-order valence-electron chi connectivity index (χ3n) is 1.97. The summed E-state index contributed by atoms with van der Waals surface area (Å²) in [5.41, 5.74) is -1.39. The van der Waals surface area contributed by atoms with Crippen molar-refractivity contribution in [3.05, 3.63) is 29.3 Å². The van der Waals surface area contributed by atoms with Crippen molar-refractivity contribution < 1.29 is 19.4 Å². The predicted molar refractivity (Wildman–Crippen MR) is 62.3 cm³/mol. The van der Waals surface area contributed by atoms with Crippen LogP contribution in [0.5, 0.6) is 5.75 Å². The minimum Gasteiger partial charge on any atom is -0.480 e. The summed E-state index contributed by atoms with van der Waals surface area (Å²) in [7, 11) is 0. The molecule has 0 saturated heterocycles. The molecule has 0 aliphatic heterocycles. The Balaban J connectivity index is 2.62. The molecule has 0 heterocycles. The number of benzene rings is 1. The maximum Gasteiger partial charge on any atom is 0.413 e. The van der Waals surface area contributed by atoms with E-state index in [1.807, 2.05) is 0 Å². The maximum absolute atomic E-state index is 11.4. The van der Waals surface area contributed by atoms with Gasteiger partial charge in [0.25, 0.3) is 0 Å². The minimum absolute atomic E-state index is 0.285. The molecule has 0 bridgehead atoms. The van der Waals surface area contributed by atoms with Crippen LogP contribution in [-0.2, 0) is 4.79 Å². The van der Waals surface area contributed by atoms with Gasteiger partial charge in [0.05, 0.1) is 0 Å². The van der Waals surface area contributed by atoms with E-state index in [1.165, 1.54) is 26.0 Å². The van der Waals surface area contributed by atoms with Gasteiger partial charge in [-0.1, -0.05) is 11.6 Å². The first-order valence-corrected chi connectivity index (χ1v) is 5.18. The molecule has 0 unspecified atom stereocenters. The fourth-order valence-electron chi connectivity index (χ4n) is 0.944. The number of ether oxygens (including phenoxy) is 1. The second kappa shape index (κ2) is 5.05. The smallest absolute Gasteiger partial charge is 0.413 e. The van der Waals surface area contributed by atoms with Gasteiger partial charge >= 0.3 is 12.1 Å². The Morgan fingerprint density at radius 2 is 1.82 bits per heavy atom. The zero-order valence-corrected chi connectivity index (χ0v) is 10.1. The van der Waals surface area contributed by atoms with E-state index in [1.54, 1.807) is 12.1 Å². The van der Waals surface area contributed by atoms with Crippen LogP contribution >= 0.6 is 11.6 Å².